The van der Waals surface area contributed by atoms with Gasteiger partial charge < -0.3 is 15.0 Å². The Labute approximate surface area is 192 Å². The molecule has 0 atom stereocenters. The molecule has 1 aromatic heterocycles. The fourth-order valence-corrected chi connectivity index (χ4v) is 3.13. The summed E-state index contributed by atoms with van der Waals surface area (Å²) < 4.78 is 6.88. The highest BCUT2D eigenvalue weighted by Crippen LogP contribution is 2.26. The van der Waals surface area contributed by atoms with Crippen molar-refractivity contribution in [2.75, 3.05) is 32.1 Å². The van der Waals surface area contributed by atoms with Crippen LogP contribution in [-0.2, 0) is 19.7 Å². The summed E-state index contributed by atoms with van der Waals surface area (Å²) in [5.41, 5.74) is 2.54. The molecule has 0 unspecified atom stereocenters. The average molecular weight is 443 g/mol. The molecule has 1 aromatic carbocycles. The number of hydrogen-bond donors (Lipinski definition) is 1. The molecule has 0 saturated heterocycles. The maximum Gasteiger partial charge on any atom is 0.245 e. The standard InChI is InChI=1S/C25H38N4O3/c1-18-9-11-19(12-10-18)29-21(15-20(27-29)25(5,6)7)26-22(30)17-28(13-14-32-8)23(31)16-24(2,3)4/h9-12,15H,13-14,16-17H2,1-8H3,(H,26,30). The van der Waals surface area contributed by atoms with Crippen molar-refractivity contribution in [3.05, 3.63) is 41.6 Å². The highest BCUT2D eigenvalue weighted by molar-refractivity contribution is 5.94. The van der Waals surface area contributed by atoms with Gasteiger partial charge in [-0.2, -0.15) is 5.10 Å². The van der Waals surface area contributed by atoms with Crippen molar-refractivity contribution in [3.63, 3.8) is 0 Å². The molecular formula is C25H38N4O3. The molecule has 2 amide bonds. The fourth-order valence-electron chi connectivity index (χ4n) is 3.13. The number of aromatic nitrogens is 2. The van der Waals surface area contributed by atoms with Crippen molar-refractivity contribution in [1.29, 1.82) is 0 Å². The van der Waals surface area contributed by atoms with Gasteiger partial charge in [-0.1, -0.05) is 59.2 Å². The zero-order chi connectivity index (χ0) is 24.1. The third-order valence-corrected chi connectivity index (χ3v) is 4.96. The number of anilines is 1. The summed E-state index contributed by atoms with van der Waals surface area (Å²) in [5, 5.41) is 7.72. The second kappa shape index (κ2) is 10.3. The van der Waals surface area contributed by atoms with E-state index in [1.165, 1.54) is 0 Å². The lowest BCUT2D eigenvalue weighted by atomic mass is 9.91. The van der Waals surface area contributed by atoms with E-state index >= 15 is 0 Å². The largest absolute Gasteiger partial charge is 0.383 e. The van der Waals surface area contributed by atoms with Crippen LogP contribution in [0.15, 0.2) is 30.3 Å². The number of hydrogen-bond acceptors (Lipinski definition) is 4. The summed E-state index contributed by atoms with van der Waals surface area (Å²) in [4.78, 5) is 27.3. The molecule has 2 rings (SSSR count). The molecule has 0 radical (unpaired) electrons. The Balaban J connectivity index is 2.27. The summed E-state index contributed by atoms with van der Waals surface area (Å²) in [6.07, 6.45) is 0.361. The zero-order valence-corrected chi connectivity index (χ0v) is 20.8. The molecule has 0 saturated carbocycles. The van der Waals surface area contributed by atoms with Gasteiger partial charge in [-0.05, 0) is 24.5 Å². The maximum atomic E-state index is 13.0. The van der Waals surface area contributed by atoms with Crippen LogP contribution in [0.25, 0.3) is 5.69 Å². The van der Waals surface area contributed by atoms with Crippen LogP contribution in [-0.4, -0.2) is 53.3 Å². The molecule has 1 N–H and O–H groups in total. The second-order valence-electron chi connectivity index (χ2n) is 10.5. The number of carbonyl (C=O) groups excluding carboxylic acids is 2. The maximum absolute atomic E-state index is 13.0. The summed E-state index contributed by atoms with van der Waals surface area (Å²) in [5.74, 6) is 0.253. The number of methoxy groups -OCH3 is 1. The molecule has 2 aromatic rings. The van der Waals surface area contributed by atoms with E-state index in [0.717, 1.165) is 16.9 Å². The Morgan fingerprint density at radius 1 is 1.09 bits per heavy atom. The number of nitrogens with one attached hydrogen (secondary N) is 1. The summed E-state index contributed by atoms with van der Waals surface area (Å²) in [6.45, 7) is 15.0. The molecule has 0 bridgehead atoms. The van der Waals surface area contributed by atoms with Gasteiger partial charge in [0.25, 0.3) is 0 Å². The first kappa shape index (κ1) is 25.6. The van der Waals surface area contributed by atoms with Crippen LogP contribution in [0.2, 0.25) is 0 Å². The van der Waals surface area contributed by atoms with Crippen LogP contribution < -0.4 is 5.32 Å². The van der Waals surface area contributed by atoms with Crippen molar-refractivity contribution in [3.8, 4) is 5.69 Å². The van der Waals surface area contributed by atoms with E-state index in [2.05, 4.69) is 26.1 Å². The first-order valence-corrected chi connectivity index (χ1v) is 11.0. The minimum atomic E-state index is -0.267. The van der Waals surface area contributed by atoms with Crippen molar-refractivity contribution in [2.45, 2.75) is 60.3 Å². The number of aryl methyl sites for hydroxylation is 1. The number of carbonyl (C=O) groups is 2. The molecule has 0 fully saturated rings. The smallest absolute Gasteiger partial charge is 0.245 e. The Hall–Kier alpha value is -2.67. The van der Waals surface area contributed by atoms with Crippen LogP contribution in [0, 0.1) is 12.3 Å². The predicted octanol–water partition coefficient (Wildman–Crippen LogP) is 4.33. The first-order valence-electron chi connectivity index (χ1n) is 11.0. The molecule has 1 heterocycles. The lowest BCUT2D eigenvalue weighted by Gasteiger charge is -2.26. The Morgan fingerprint density at radius 3 is 2.25 bits per heavy atom. The lowest BCUT2D eigenvalue weighted by Crippen LogP contribution is -2.41. The predicted molar refractivity (Wildman–Crippen MR) is 128 cm³/mol. The third kappa shape index (κ3) is 7.48. The zero-order valence-electron chi connectivity index (χ0n) is 20.8. The molecule has 7 nitrogen and oxygen atoms in total. The molecule has 32 heavy (non-hydrogen) atoms. The van der Waals surface area contributed by atoms with Crippen LogP contribution in [0.1, 0.15) is 59.2 Å². The molecule has 0 spiro atoms. The van der Waals surface area contributed by atoms with E-state index in [9.17, 15) is 9.59 Å². The van der Waals surface area contributed by atoms with Gasteiger partial charge in [-0.15, -0.1) is 0 Å². The minimum Gasteiger partial charge on any atom is -0.383 e. The van der Waals surface area contributed by atoms with E-state index in [-0.39, 0.29) is 29.2 Å². The summed E-state index contributed by atoms with van der Waals surface area (Å²) in [7, 11) is 1.58. The van der Waals surface area contributed by atoms with Gasteiger partial charge in [-0.25, -0.2) is 4.68 Å². The van der Waals surface area contributed by atoms with Gasteiger partial charge in [0.15, 0.2) is 0 Å². The van der Waals surface area contributed by atoms with Crippen molar-refractivity contribution in [1.82, 2.24) is 14.7 Å². The molecular weight excluding hydrogens is 404 g/mol. The number of amides is 2. The van der Waals surface area contributed by atoms with Crippen molar-refractivity contribution in [2.24, 2.45) is 5.41 Å². The quantitative estimate of drug-likeness (QED) is 0.660. The van der Waals surface area contributed by atoms with E-state index in [1.54, 1.807) is 16.7 Å². The Kier molecular flexibility index (Phi) is 8.24. The van der Waals surface area contributed by atoms with Crippen LogP contribution in [0.3, 0.4) is 0 Å². The van der Waals surface area contributed by atoms with Gasteiger partial charge >= 0.3 is 0 Å². The highest BCUT2D eigenvalue weighted by Gasteiger charge is 2.25. The van der Waals surface area contributed by atoms with Crippen LogP contribution >= 0.6 is 0 Å². The average Bonchev–Trinajstić information content (AvgIpc) is 3.08. The van der Waals surface area contributed by atoms with Crippen LogP contribution in [0.4, 0.5) is 5.82 Å². The normalized spacial score (nSPS) is 12.0. The fraction of sp³-hybridized carbons (Fsp3) is 0.560. The minimum absolute atomic E-state index is 0.0395. The van der Waals surface area contributed by atoms with Crippen molar-refractivity contribution >= 4 is 17.6 Å². The Morgan fingerprint density at radius 2 is 1.72 bits per heavy atom. The molecule has 176 valence electrons. The van der Waals surface area contributed by atoms with Crippen LogP contribution in [0.5, 0.6) is 0 Å². The van der Waals surface area contributed by atoms with E-state index in [0.29, 0.717) is 25.4 Å². The topological polar surface area (TPSA) is 76.5 Å². The van der Waals surface area contributed by atoms with Gasteiger partial charge in [-0.3, -0.25) is 9.59 Å². The second-order valence-corrected chi connectivity index (χ2v) is 10.5. The molecule has 0 aliphatic carbocycles. The molecule has 0 aliphatic rings. The van der Waals surface area contributed by atoms with Gasteiger partial charge in [0.1, 0.15) is 5.82 Å². The first-order chi connectivity index (χ1) is 14.8. The van der Waals surface area contributed by atoms with E-state index < -0.39 is 0 Å². The van der Waals surface area contributed by atoms with Crippen molar-refractivity contribution < 1.29 is 14.3 Å². The SMILES string of the molecule is COCCN(CC(=O)Nc1cc(C(C)(C)C)nn1-c1ccc(C)cc1)C(=O)CC(C)(C)C. The number of nitrogens with zero attached hydrogens (tertiary/aromatic N) is 3. The lowest BCUT2D eigenvalue weighted by molar-refractivity contribution is -0.136. The third-order valence-electron chi connectivity index (χ3n) is 4.96. The van der Waals surface area contributed by atoms with Gasteiger partial charge in [0, 0.05) is 31.6 Å². The molecule has 7 heteroatoms. The van der Waals surface area contributed by atoms with E-state index in [4.69, 9.17) is 9.84 Å². The number of benzene rings is 1. The number of rotatable bonds is 8. The van der Waals surface area contributed by atoms with Gasteiger partial charge in [0.2, 0.25) is 11.8 Å². The monoisotopic (exact) mass is 442 g/mol. The van der Waals surface area contributed by atoms with E-state index in [1.807, 2.05) is 58.0 Å². The molecule has 0 aliphatic heterocycles. The highest BCUT2D eigenvalue weighted by atomic mass is 16.5. The Bertz CT molecular complexity index is 918. The van der Waals surface area contributed by atoms with Gasteiger partial charge in [0.05, 0.1) is 24.5 Å². The summed E-state index contributed by atoms with van der Waals surface area (Å²) >= 11 is 0. The number of ether oxygens (including phenoxy) is 1. The summed E-state index contributed by atoms with van der Waals surface area (Å²) in [6, 6.07) is 9.87.